The second kappa shape index (κ2) is 5.89. The highest BCUT2D eigenvalue weighted by Crippen LogP contribution is 2.31. The largest absolute Gasteiger partial charge is 0.345 e. The molecular weight excluding hydrogens is 306 g/mol. The van der Waals surface area contributed by atoms with E-state index < -0.39 is 0 Å². The zero-order chi connectivity index (χ0) is 18.5. The van der Waals surface area contributed by atoms with E-state index in [1.807, 2.05) is 31.5 Å². The second-order valence-electron chi connectivity index (χ2n) is 6.76. The molecule has 0 saturated heterocycles. The molecule has 0 bridgehead atoms. The quantitative estimate of drug-likeness (QED) is 0.660. The van der Waals surface area contributed by atoms with E-state index in [4.69, 9.17) is 0 Å². The van der Waals surface area contributed by atoms with Crippen LogP contribution in [0.5, 0.6) is 0 Å². The van der Waals surface area contributed by atoms with Crippen LogP contribution in [0, 0.1) is 6.92 Å². The van der Waals surface area contributed by atoms with Crippen molar-refractivity contribution in [3.05, 3.63) is 64.3 Å². The van der Waals surface area contributed by atoms with Crippen LogP contribution in [0.2, 0.25) is 0 Å². The van der Waals surface area contributed by atoms with Crippen LogP contribution >= 0.6 is 0 Å². The molecule has 2 heteroatoms. The lowest BCUT2D eigenvalue weighted by atomic mass is 9.90. The van der Waals surface area contributed by atoms with Crippen molar-refractivity contribution in [2.45, 2.75) is 20.8 Å². The van der Waals surface area contributed by atoms with Crippen molar-refractivity contribution in [3.63, 3.8) is 0 Å². The summed E-state index contributed by atoms with van der Waals surface area (Å²) < 4.78 is 2.01. The number of carbonyl (C=O) groups excluding carboxylic acids is 1. The summed E-state index contributed by atoms with van der Waals surface area (Å²) in [6.45, 7) is 17.9. The number of ketones is 1. The number of fused-ring (bicyclic) bond motifs is 1. The minimum atomic E-state index is 0.0629. The number of hydrogen-bond donors (Lipinski definition) is 0. The molecule has 0 radical (unpaired) electrons. The van der Waals surface area contributed by atoms with E-state index >= 15 is 0 Å². The lowest BCUT2D eigenvalue weighted by Gasteiger charge is -2.14. The Kier molecular flexibility index (Phi) is 4.00. The zero-order valence-electron chi connectivity index (χ0n) is 15.4. The van der Waals surface area contributed by atoms with E-state index in [2.05, 4.69) is 44.0 Å². The lowest BCUT2D eigenvalue weighted by Crippen LogP contribution is -2.20. The molecule has 2 nitrogen and oxygen atoms in total. The Morgan fingerprint density at radius 3 is 2.20 bits per heavy atom. The third-order valence-electron chi connectivity index (χ3n) is 4.97. The van der Waals surface area contributed by atoms with Gasteiger partial charge in [-0.25, -0.2) is 0 Å². The first-order valence-electron chi connectivity index (χ1n) is 8.30. The average molecular weight is 329 g/mol. The molecule has 1 heterocycles. The molecule has 3 aromatic rings. The Bertz CT molecular complexity index is 1150. The summed E-state index contributed by atoms with van der Waals surface area (Å²) in [5.41, 5.74) is 5.83. The maximum Gasteiger partial charge on any atom is 0.160 e. The van der Waals surface area contributed by atoms with Crippen molar-refractivity contribution in [1.82, 2.24) is 4.57 Å². The van der Waals surface area contributed by atoms with Crippen molar-refractivity contribution >= 4 is 35.3 Å². The first-order valence-corrected chi connectivity index (χ1v) is 8.30. The average Bonchev–Trinajstić information content (AvgIpc) is 2.78. The molecule has 0 aliphatic carbocycles. The van der Waals surface area contributed by atoms with Gasteiger partial charge in [0.05, 0.1) is 0 Å². The molecule has 0 aliphatic heterocycles. The minimum absolute atomic E-state index is 0.0629. The molecule has 1 aromatic heterocycles. The normalized spacial score (nSPS) is 11.0. The van der Waals surface area contributed by atoms with Crippen molar-refractivity contribution in [1.29, 1.82) is 0 Å². The first-order chi connectivity index (χ1) is 11.7. The second-order valence-corrected chi connectivity index (χ2v) is 6.76. The smallest absolute Gasteiger partial charge is 0.160 e. The Hall–Kier alpha value is -2.87. The van der Waals surface area contributed by atoms with Crippen molar-refractivity contribution < 1.29 is 4.79 Å². The molecule has 2 aromatic carbocycles. The van der Waals surface area contributed by atoms with Gasteiger partial charge in [0.1, 0.15) is 0 Å². The fourth-order valence-corrected chi connectivity index (χ4v) is 3.39. The van der Waals surface area contributed by atoms with Gasteiger partial charge in [-0.15, -0.1) is 0 Å². The molecule has 126 valence electrons. The van der Waals surface area contributed by atoms with Gasteiger partial charge in [0.2, 0.25) is 0 Å². The molecule has 0 aliphatic rings. The number of aromatic nitrogens is 1. The van der Waals surface area contributed by atoms with Crippen LogP contribution in [0.25, 0.3) is 40.6 Å². The molecule has 0 saturated carbocycles. The van der Waals surface area contributed by atoms with Crippen LogP contribution in [0.3, 0.4) is 0 Å². The third kappa shape index (κ3) is 2.64. The van der Waals surface area contributed by atoms with E-state index in [0.717, 1.165) is 54.9 Å². The molecule has 0 spiro atoms. The summed E-state index contributed by atoms with van der Waals surface area (Å²) >= 11 is 0. The standard InChI is InChI=1S/C23H23NO/c1-13(2)20-12-21(14(3)10-23(20)17(6)25)18-8-9-19-15(4)24(7)16(5)22(19)11-18/h8-12H,1,4-5H2,2-3,6-7H3. The summed E-state index contributed by atoms with van der Waals surface area (Å²) in [6, 6.07) is 10.4. The molecule has 0 unspecified atom stereocenters. The highest BCUT2D eigenvalue weighted by molar-refractivity contribution is 6.00. The predicted molar refractivity (Wildman–Crippen MR) is 108 cm³/mol. The van der Waals surface area contributed by atoms with Gasteiger partial charge in [-0.3, -0.25) is 4.79 Å². The fourth-order valence-electron chi connectivity index (χ4n) is 3.39. The van der Waals surface area contributed by atoms with Crippen molar-refractivity contribution in [3.8, 4) is 11.1 Å². The van der Waals surface area contributed by atoms with Gasteiger partial charge in [-0.2, -0.15) is 0 Å². The van der Waals surface area contributed by atoms with Gasteiger partial charge >= 0.3 is 0 Å². The highest BCUT2D eigenvalue weighted by atomic mass is 16.1. The Morgan fingerprint density at radius 1 is 0.960 bits per heavy atom. The maximum atomic E-state index is 12.0. The van der Waals surface area contributed by atoms with Gasteiger partial charge in [0.25, 0.3) is 0 Å². The minimum Gasteiger partial charge on any atom is -0.345 e. The molecule has 0 N–H and O–H groups in total. The monoisotopic (exact) mass is 329 g/mol. The topological polar surface area (TPSA) is 22.0 Å². The molecule has 0 fully saturated rings. The van der Waals surface area contributed by atoms with Crippen LogP contribution in [-0.4, -0.2) is 10.4 Å². The number of Topliss-reactive ketones (excluding diaryl/α,β-unsaturated/α-hetero) is 1. The molecule has 0 atom stereocenters. The predicted octanol–water partition coefficient (Wildman–Crippen LogP) is 4.21. The van der Waals surface area contributed by atoms with Crippen molar-refractivity contribution in [2.75, 3.05) is 0 Å². The van der Waals surface area contributed by atoms with Gasteiger partial charge < -0.3 is 4.57 Å². The number of allylic oxidation sites excluding steroid dienone is 1. The summed E-state index contributed by atoms with van der Waals surface area (Å²) in [4.78, 5) is 12.0. The number of hydrogen-bond acceptors (Lipinski definition) is 1. The van der Waals surface area contributed by atoms with E-state index in [-0.39, 0.29) is 5.78 Å². The molecule has 0 amide bonds. The SMILES string of the molecule is C=C(C)c1cc(-c2ccc3c(=C)n(C)c(=C)c3c2)c(C)cc1C(C)=O. The number of rotatable bonds is 3. The zero-order valence-corrected chi connectivity index (χ0v) is 15.4. The van der Waals surface area contributed by atoms with E-state index in [1.54, 1.807) is 6.92 Å². The maximum absolute atomic E-state index is 12.0. The highest BCUT2D eigenvalue weighted by Gasteiger charge is 2.14. The van der Waals surface area contributed by atoms with E-state index in [1.165, 1.54) is 0 Å². The molecular formula is C23H23NO. The number of nitrogens with zero attached hydrogens (tertiary/aromatic N) is 1. The van der Waals surface area contributed by atoms with E-state index in [9.17, 15) is 4.79 Å². The Morgan fingerprint density at radius 2 is 1.60 bits per heavy atom. The van der Waals surface area contributed by atoms with Gasteiger partial charge in [-0.1, -0.05) is 37.4 Å². The molecule has 3 rings (SSSR count). The van der Waals surface area contributed by atoms with Crippen molar-refractivity contribution in [2.24, 2.45) is 7.05 Å². The van der Waals surface area contributed by atoms with Gasteiger partial charge in [0, 0.05) is 34.1 Å². The summed E-state index contributed by atoms with van der Waals surface area (Å²) in [5, 5.41) is 4.16. The fraction of sp³-hybridized carbons (Fsp3) is 0.174. The number of carbonyl (C=O) groups is 1. The Labute approximate surface area is 148 Å². The number of benzene rings is 2. The Balaban J connectivity index is 2.31. The number of aryl methyl sites for hydroxylation is 1. The first kappa shape index (κ1) is 17.0. The third-order valence-corrected chi connectivity index (χ3v) is 4.97. The summed E-state index contributed by atoms with van der Waals surface area (Å²) in [6.07, 6.45) is 0. The summed E-state index contributed by atoms with van der Waals surface area (Å²) in [7, 11) is 1.98. The van der Waals surface area contributed by atoms with Gasteiger partial charge in [0.15, 0.2) is 5.78 Å². The van der Waals surface area contributed by atoms with Gasteiger partial charge in [-0.05, 0) is 61.2 Å². The van der Waals surface area contributed by atoms with Crippen LogP contribution in [-0.2, 0) is 7.05 Å². The van der Waals surface area contributed by atoms with Crippen LogP contribution in [0.15, 0.2) is 36.9 Å². The van der Waals surface area contributed by atoms with Crippen LogP contribution in [0.4, 0.5) is 0 Å². The van der Waals surface area contributed by atoms with Crippen LogP contribution in [0.1, 0.15) is 35.3 Å². The lowest BCUT2D eigenvalue weighted by molar-refractivity contribution is 0.101. The van der Waals surface area contributed by atoms with E-state index in [0.29, 0.717) is 0 Å². The summed E-state index contributed by atoms with van der Waals surface area (Å²) in [5.74, 6) is 0.0629. The molecule has 25 heavy (non-hydrogen) atoms. The van der Waals surface area contributed by atoms with Crippen LogP contribution < -0.4 is 10.7 Å².